The van der Waals surface area contributed by atoms with Crippen LogP contribution in [0, 0.1) is 5.92 Å². The number of carbonyl (C=O) groups is 1. The van der Waals surface area contributed by atoms with E-state index in [2.05, 4.69) is 4.98 Å². The lowest BCUT2D eigenvalue weighted by Crippen LogP contribution is -2.53. The summed E-state index contributed by atoms with van der Waals surface area (Å²) < 4.78 is 5.62. The summed E-state index contributed by atoms with van der Waals surface area (Å²) in [7, 11) is 0. The number of nitrogens with one attached hydrogen (secondary N) is 1. The van der Waals surface area contributed by atoms with Gasteiger partial charge < -0.3 is 19.7 Å². The lowest BCUT2D eigenvalue weighted by molar-refractivity contribution is -0.0382. The first kappa shape index (κ1) is 14.7. The maximum absolute atomic E-state index is 13.2. The number of morpholine rings is 1. The number of aromatic amines is 1. The molecule has 5 heteroatoms. The van der Waals surface area contributed by atoms with Gasteiger partial charge in [-0.25, -0.2) is 0 Å². The Balaban J connectivity index is 1.66. The van der Waals surface area contributed by atoms with Crippen molar-refractivity contribution in [2.45, 2.75) is 31.4 Å². The Hall–Kier alpha value is -1.85. The van der Waals surface area contributed by atoms with Crippen LogP contribution in [0.25, 0.3) is 10.9 Å². The summed E-state index contributed by atoms with van der Waals surface area (Å²) in [5.74, 6) is 0.160. The molecule has 1 saturated heterocycles. The van der Waals surface area contributed by atoms with Crippen LogP contribution in [0.1, 0.15) is 29.6 Å². The Morgan fingerprint density at radius 1 is 1.30 bits per heavy atom. The van der Waals surface area contributed by atoms with Crippen molar-refractivity contribution in [2.24, 2.45) is 5.92 Å². The Morgan fingerprint density at radius 3 is 3.04 bits per heavy atom. The molecular weight excluding hydrogens is 292 g/mol. The van der Waals surface area contributed by atoms with Gasteiger partial charge in [-0.3, -0.25) is 4.79 Å². The van der Waals surface area contributed by atoms with E-state index in [1.165, 1.54) is 0 Å². The van der Waals surface area contributed by atoms with E-state index in [-0.39, 0.29) is 24.0 Å². The van der Waals surface area contributed by atoms with Crippen LogP contribution in [0.4, 0.5) is 0 Å². The van der Waals surface area contributed by atoms with Gasteiger partial charge >= 0.3 is 0 Å². The number of ether oxygens (including phenoxy) is 1. The zero-order valence-electron chi connectivity index (χ0n) is 13.1. The molecular formula is C18H22N2O3. The standard InChI is InChI=1S/C18H22N2O3/c21-16-6-2-4-13(16)15-11-23-10-9-20(15)18(22)14-5-1-3-12-7-8-19-17(12)14/h1,3,5,7-8,13,15-16,19,21H,2,4,6,9-11H2/t13-,15-,16+/m1/s1. The first-order valence-corrected chi connectivity index (χ1v) is 8.38. The van der Waals surface area contributed by atoms with E-state index in [0.29, 0.717) is 25.3 Å². The summed E-state index contributed by atoms with van der Waals surface area (Å²) in [4.78, 5) is 18.2. The normalized spacial score (nSPS) is 28.4. The molecule has 122 valence electrons. The SMILES string of the molecule is O=C(c1cccc2cc[nH]c12)N1CCOC[C@@H]1[C@H]1CCC[C@@H]1O. The molecule has 0 bridgehead atoms. The van der Waals surface area contributed by atoms with Crippen LogP contribution in [0.5, 0.6) is 0 Å². The van der Waals surface area contributed by atoms with Gasteiger partial charge in [-0.15, -0.1) is 0 Å². The number of fused-ring (bicyclic) bond motifs is 1. The molecule has 5 nitrogen and oxygen atoms in total. The fourth-order valence-electron chi connectivity index (χ4n) is 4.07. The zero-order valence-corrected chi connectivity index (χ0v) is 13.1. The highest BCUT2D eigenvalue weighted by Gasteiger charge is 2.39. The van der Waals surface area contributed by atoms with E-state index in [1.807, 2.05) is 35.4 Å². The topological polar surface area (TPSA) is 65.6 Å². The lowest BCUT2D eigenvalue weighted by Gasteiger charge is -2.40. The molecule has 2 aliphatic rings. The monoisotopic (exact) mass is 314 g/mol. The maximum Gasteiger partial charge on any atom is 0.256 e. The van der Waals surface area contributed by atoms with Crippen molar-refractivity contribution >= 4 is 16.8 Å². The fourth-order valence-corrected chi connectivity index (χ4v) is 4.07. The molecule has 1 aromatic heterocycles. The average Bonchev–Trinajstić information content (AvgIpc) is 3.22. The first-order chi connectivity index (χ1) is 11.3. The molecule has 2 heterocycles. The van der Waals surface area contributed by atoms with Gasteiger partial charge in [0.25, 0.3) is 5.91 Å². The van der Waals surface area contributed by atoms with Gasteiger partial charge in [-0.2, -0.15) is 0 Å². The summed E-state index contributed by atoms with van der Waals surface area (Å²) in [6.07, 6.45) is 4.36. The number of nitrogens with zero attached hydrogens (tertiary/aromatic N) is 1. The van der Waals surface area contributed by atoms with Gasteiger partial charge in [-0.1, -0.05) is 18.6 Å². The minimum atomic E-state index is -0.321. The number of rotatable bonds is 2. The third-order valence-electron chi connectivity index (χ3n) is 5.27. The quantitative estimate of drug-likeness (QED) is 0.893. The second-order valence-electron chi connectivity index (χ2n) is 6.55. The predicted octanol–water partition coefficient (Wildman–Crippen LogP) is 2.17. The number of hydrogen-bond donors (Lipinski definition) is 2. The van der Waals surface area contributed by atoms with Gasteiger partial charge in [0.1, 0.15) is 0 Å². The minimum Gasteiger partial charge on any atom is -0.393 e. The second kappa shape index (κ2) is 5.98. The minimum absolute atomic E-state index is 0.0287. The summed E-state index contributed by atoms with van der Waals surface area (Å²) in [6.45, 7) is 1.67. The van der Waals surface area contributed by atoms with Crippen molar-refractivity contribution in [3.63, 3.8) is 0 Å². The number of amides is 1. The zero-order chi connectivity index (χ0) is 15.8. The maximum atomic E-state index is 13.2. The Labute approximate surface area is 135 Å². The highest BCUT2D eigenvalue weighted by Crippen LogP contribution is 2.33. The lowest BCUT2D eigenvalue weighted by atomic mass is 9.93. The average molecular weight is 314 g/mol. The predicted molar refractivity (Wildman–Crippen MR) is 87.3 cm³/mol. The van der Waals surface area contributed by atoms with Crippen molar-refractivity contribution in [2.75, 3.05) is 19.8 Å². The molecule has 2 N–H and O–H groups in total. The largest absolute Gasteiger partial charge is 0.393 e. The number of carbonyl (C=O) groups excluding carboxylic acids is 1. The molecule has 0 unspecified atom stereocenters. The smallest absolute Gasteiger partial charge is 0.256 e. The molecule has 23 heavy (non-hydrogen) atoms. The Bertz CT molecular complexity index is 711. The van der Waals surface area contributed by atoms with Crippen molar-refractivity contribution in [3.05, 3.63) is 36.0 Å². The highest BCUT2D eigenvalue weighted by atomic mass is 16.5. The Morgan fingerprint density at radius 2 is 2.22 bits per heavy atom. The molecule has 4 rings (SSSR count). The third kappa shape index (κ3) is 2.54. The van der Waals surface area contributed by atoms with Crippen LogP contribution in [-0.4, -0.2) is 52.8 Å². The third-order valence-corrected chi connectivity index (χ3v) is 5.27. The van der Waals surface area contributed by atoms with Gasteiger partial charge in [0.15, 0.2) is 0 Å². The highest BCUT2D eigenvalue weighted by molar-refractivity contribution is 6.05. The van der Waals surface area contributed by atoms with Gasteiger partial charge in [0.05, 0.1) is 36.4 Å². The molecule has 1 aliphatic carbocycles. The summed E-state index contributed by atoms with van der Waals surface area (Å²) in [6, 6.07) is 7.74. The molecule has 1 aromatic carbocycles. The number of para-hydroxylation sites is 1. The van der Waals surface area contributed by atoms with E-state index in [4.69, 9.17) is 4.74 Å². The van der Waals surface area contributed by atoms with Crippen LogP contribution in [0.3, 0.4) is 0 Å². The Kier molecular flexibility index (Phi) is 3.83. The second-order valence-corrected chi connectivity index (χ2v) is 6.55. The number of aliphatic hydroxyl groups excluding tert-OH is 1. The molecule has 1 amide bonds. The van der Waals surface area contributed by atoms with Gasteiger partial charge in [0.2, 0.25) is 0 Å². The van der Waals surface area contributed by atoms with Crippen molar-refractivity contribution in [1.82, 2.24) is 9.88 Å². The van der Waals surface area contributed by atoms with Crippen LogP contribution in [0.2, 0.25) is 0 Å². The van der Waals surface area contributed by atoms with Crippen molar-refractivity contribution in [3.8, 4) is 0 Å². The van der Waals surface area contributed by atoms with E-state index in [9.17, 15) is 9.90 Å². The fraction of sp³-hybridized carbons (Fsp3) is 0.500. The first-order valence-electron chi connectivity index (χ1n) is 8.38. The van der Waals surface area contributed by atoms with Crippen LogP contribution in [-0.2, 0) is 4.74 Å². The summed E-state index contributed by atoms with van der Waals surface area (Å²) >= 11 is 0. The molecule has 0 spiro atoms. The number of aliphatic hydroxyl groups is 1. The van der Waals surface area contributed by atoms with Crippen molar-refractivity contribution in [1.29, 1.82) is 0 Å². The molecule has 2 aromatic rings. The summed E-state index contributed by atoms with van der Waals surface area (Å²) in [5.41, 5.74) is 1.58. The molecule has 2 fully saturated rings. The molecule has 0 radical (unpaired) electrons. The molecule has 3 atom stereocenters. The number of H-pyrrole nitrogens is 1. The molecule has 1 aliphatic heterocycles. The van der Waals surface area contributed by atoms with Gasteiger partial charge in [-0.05, 0) is 25.0 Å². The molecule has 1 saturated carbocycles. The van der Waals surface area contributed by atoms with Crippen LogP contribution >= 0.6 is 0 Å². The van der Waals surface area contributed by atoms with E-state index in [1.54, 1.807) is 0 Å². The number of aromatic nitrogens is 1. The van der Waals surface area contributed by atoms with Crippen molar-refractivity contribution < 1.29 is 14.6 Å². The van der Waals surface area contributed by atoms with E-state index < -0.39 is 0 Å². The van der Waals surface area contributed by atoms with Gasteiger partial charge in [0, 0.05) is 24.0 Å². The van der Waals surface area contributed by atoms with Crippen LogP contribution in [0.15, 0.2) is 30.5 Å². The number of hydrogen-bond acceptors (Lipinski definition) is 3. The van der Waals surface area contributed by atoms with E-state index in [0.717, 1.165) is 30.2 Å². The number of benzene rings is 1. The summed E-state index contributed by atoms with van der Waals surface area (Å²) in [5, 5.41) is 11.3. The van der Waals surface area contributed by atoms with E-state index >= 15 is 0 Å². The van der Waals surface area contributed by atoms with Crippen LogP contribution < -0.4 is 0 Å².